The minimum atomic E-state index is -1.15. The number of piperidine rings is 1. The summed E-state index contributed by atoms with van der Waals surface area (Å²) in [6.07, 6.45) is 0.945. The Morgan fingerprint density at radius 1 is 1.11 bits per heavy atom. The van der Waals surface area contributed by atoms with Gasteiger partial charge in [-0.15, -0.1) is 0 Å². The number of amides is 4. The van der Waals surface area contributed by atoms with E-state index in [1.807, 2.05) is 0 Å². The van der Waals surface area contributed by atoms with Gasteiger partial charge in [0.05, 0.1) is 11.1 Å². The molecule has 3 rings (SSSR count). The number of ether oxygens (including phenoxy) is 1. The van der Waals surface area contributed by atoms with E-state index in [1.165, 1.54) is 24.0 Å². The number of likely N-dealkylation sites (tertiary alicyclic amines) is 1. The van der Waals surface area contributed by atoms with Gasteiger partial charge in [0.1, 0.15) is 6.04 Å². The highest BCUT2D eigenvalue weighted by Crippen LogP contribution is 2.24. The van der Waals surface area contributed by atoms with Gasteiger partial charge in [-0.2, -0.15) is 0 Å². The van der Waals surface area contributed by atoms with E-state index in [2.05, 4.69) is 0 Å². The van der Waals surface area contributed by atoms with Crippen LogP contribution >= 0.6 is 0 Å². The van der Waals surface area contributed by atoms with Gasteiger partial charge in [-0.25, -0.2) is 4.79 Å². The van der Waals surface area contributed by atoms with Gasteiger partial charge in [-0.05, 0) is 31.9 Å². The van der Waals surface area contributed by atoms with Gasteiger partial charge in [0.25, 0.3) is 17.7 Å². The lowest BCUT2D eigenvalue weighted by molar-refractivity contribution is -0.155. The van der Waals surface area contributed by atoms with E-state index in [1.54, 1.807) is 12.1 Å². The molecule has 1 fully saturated rings. The van der Waals surface area contributed by atoms with Crippen LogP contribution < -0.4 is 5.73 Å². The molecule has 148 valence electrons. The van der Waals surface area contributed by atoms with Gasteiger partial charge >= 0.3 is 5.97 Å². The summed E-state index contributed by atoms with van der Waals surface area (Å²) in [5.74, 6) is -3.00. The fraction of sp³-hybridized carbons (Fsp3) is 0.421. The maximum absolute atomic E-state index is 12.4. The van der Waals surface area contributed by atoms with E-state index in [4.69, 9.17) is 10.5 Å². The number of primary amides is 1. The Morgan fingerprint density at radius 2 is 1.64 bits per heavy atom. The second-order valence-corrected chi connectivity index (χ2v) is 6.87. The predicted octanol–water partition coefficient (Wildman–Crippen LogP) is -0.0618. The summed E-state index contributed by atoms with van der Waals surface area (Å²) in [6, 6.07) is 5.16. The highest BCUT2D eigenvalue weighted by molar-refractivity contribution is 6.22. The van der Waals surface area contributed by atoms with Crippen molar-refractivity contribution in [1.29, 1.82) is 0 Å². The molecule has 2 heterocycles. The predicted molar refractivity (Wildman–Crippen MR) is 95.9 cm³/mol. The number of nitrogens with two attached hydrogens (primary N) is 1. The van der Waals surface area contributed by atoms with E-state index in [-0.39, 0.29) is 23.0 Å². The molecule has 1 saturated heterocycles. The molecule has 1 aromatic carbocycles. The lowest BCUT2D eigenvalue weighted by Gasteiger charge is -2.30. The van der Waals surface area contributed by atoms with Gasteiger partial charge in [0, 0.05) is 19.0 Å². The van der Waals surface area contributed by atoms with Crippen LogP contribution in [0.4, 0.5) is 0 Å². The average Bonchev–Trinajstić information content (AvgIpc) is 2.96. The maximum atomic E-state index is 12.4. The second-order valence-electron chi connectivity index (χ2n) is 6.87. The number of rotatable bonds is 5. The molecular weight excluding hydrogens is 366 g/mol. The molecule has 2 aliphatic heterocycles. The fourth-order valence-corrected chi connectivity index (χ4v) is 3.42. The van der Waals surface area contributed by atoms with Crippen LogP contribution in [0.2, 0.25) is 0 Å². The lowest BCUT2D eigenvalue weighted by Crippen LogP contribution is -2.46. The van der Waals surface area contributed by atoms with Crippen molar-refractivity contribution in [1.82, 2.24) is 9.80 Å². The van der Waals surface area contributed by atoms with Gasteiger partial charge in [-0.1, -0.05) is 12.1 Å². The van der Waals surface area contributed by atoms with Crippen LogP contribution in [0.1, 0.15) is 40.5 Å². The zero-order valence-electron chi connectivity index (χ0n) is 15.4. The number of fused-ring (bicyclic) bond motifs is 1. The lowest BCUT2D eigenvalue weighted by atomic mass is 9.96. The molecule has 2 N–H and O–H groups in total. The van der Waals surface area contributed by atoms with Gasteiger partial charge in [-0.3, -0.25) is 24.1 Å². The zero-order chi connectivity index (χ0) is 20.4. The number of benzene rings is 1. The largest absolute Gasteiger partial charge is 0.454 e. The Kier molecular flexibility index (Phi) is 5.43. The number of hydrogen-bond acceptors (Lipinski definition) is 6. The molecule has 9 heteroatoms. The van der Waals surface area contributed by atoms with E-state index < -0.39 is 36.3 Å². The van der Waals surface area contributed by atoms with Crippen molar-refractivity contribution in [3.63, 3.8) is 0 Å². The Morgan fingerprint density at radius 3 is 2.14 bits per heavy atom. The van der Waals surface area contributed by atoms with Crippen molar-refractivity contribution < 1.29 is 28.7 Å². The number of nitrogens with zero attached hydrogens (tertiary/aromatic N) is 2. The third-order valence-corrected chi connectivity index (χ3v) is 5.14. The highest BCUT2D eigenvalue weighted by Gasteiger charge is 2.41. The molecule has 1 atom stereocenters. The third kappa shape index (κ3) is 3.60. The summed E-state index contributed by atoms with van der Waals surface area (Å²) >= 11 is 0. The quantitative estimate of drug-likeness (QED) is 0.557. The molecule has 0 saturated carbocycles. The maximum Gasteiger partial charge on any atom is 0.329 e. The monoisotopic (exact) mass is 387 g/mol. The summed E-state index contributed by atoms with van der Waals surface area (Å²) < 4.78 is 5.03. The summed E-state index contributed by atoms with van der Waals surface area (Å²) in [5, 5.41) is 0. The van der Waals surface area contributed by atoms with E-state index in [0.29, 0.717) is 25.9 Å². The van der Waals surface area contributed by atoms with E-state index >= 15 is 0 Å². The molecule has 28 heavy (non-hydrogen) atoms. The molecule has 1 aromatic rings. The molecule has 9 nitrogen and oxygen atoms in total. The van der Waals surface area contributed by atoms with Crippen molar-refractivity contribution in [2.45, 2.75) is 25.8 Å². The van der Waals surface area contributed by atoms with Crippen molar-refractivity contribution in [3.8, 4) is 0 Å². The molecule has 2 aliphatic rings. The number of esters is 1. The SMILES string of the molecule is C[C@@H](C(=O)OCC(=O)N1CCC(C(N)=O)CC1)N1C(=O)c2ccccc2C1=O. The second kappa shape index (κ2) is 7.79. The summed E-state index contributed by atoms with van der Waals surface area (Å²) in [5.41, 5.74) is 5.74. The van der Waals surface area contributed by atoms with Crippen molar-refractivity contribution >= 4 is 29.6 Å². The number of carbonyl (C=O) groups excluding carboxylic acids is 5. The minimum absolute atomic E-state index is 0.237. The highest BCUT2D eigenvalue weighted by atomic mass is 16.5. The summed E-state index contributed by atoms with van der Waals surface area (Å²) in [7, 11) is 0. The summed E-state index contributed by atoms with van der Waals surface area (Å²) in [6.45, 7) is 1.61. The van der Waals surface area contributed by atoms with Crippen LogP contribution in [-0.4, -0.2) is 65.1 Å². The average molecular weight is 387 g/mol. The van der Waals surface area contributed by atoms with E-state index in [0.717, 1.165) is 4.90 Å². The molecule has 4 amide bonds. The smallest absolute Gasteiger partial charge is 0.329 e. The summed E-state index contributed by atoms with van der Waals surface area (Å²) in [4.78, 5) is 62.8. The molecule has 0 aromatic heterocycles. The van der Waals surface area contributed by atoms with Crippen molar-refractivity contribution in [3.05, 3.63) is 35.4 Å². The Balaban J connectivity index is 1.54. The Hall–Kier alpha value is -3.23. The van der Waals surface area contributed by atoms with Gasteiger partial charge < -0.3 is 15.4 Å². The molecule has 0 radical (unpaired) electrons. The first-order valence-electron chi connectivity index (χ1n) is 9.02. The first-order valence-corrected chi connectivity index (χ1v) is 9.02. The van der Waals surface area contributed by atoms with Crippen LogP contribution in [0.15, 0.2) is 24.3 Å². The molecule has 0 spiro atoms. The van der Waals surface area contributed by atoms with Crippen LogP contribution in [0.3, 0.4) is 0 Å². The number of imide groups is 1. The normalized spacial score (nSPS) is 18.0. The standard InChI is InChI=1S/C19H21N3O6/c1-11(22-17(25)13-4-2-3-5-14(13)18(22)26)19(27)28-10-15(23)21-8-6-12(7-9-21)16(20)24/h2-5,11-12H,6-10H2,1H3,(H2,20,24)/t11-/m0/s1. The van der Waals surface area contributed by atoms with Crippen molar-refractivity contribution in [2.24, 2.45) is 11.7 Å². The number of carbonyl (C=O) groups is 5. The first-order chi connectivity index (χ1) is 13.3. The van der Waals surface area contributed by atoms with Gasteiger partial charge in [0.2, 0.25) is 5.91 Å². The van der Waals surface area contributed by atoms with Crippen LogP contribution in [0, 0.1) is 5.92 Å². The fourth-order valence-electron chi connectivity index (χ4n) is 3.42. The first kappa shape index (κ1) is 19.5. The molecule has 0 bridgehead atoms. The topological polar surface area (TPSA) is 127 Å². The van der Waals surface area contributed by atoms with Gasteiger partial charge in [0.15, 0.2) is 6.61 Å². The molecule has 0 unspecified atom stereocenters. The van der Waals surface area contributed by atoms with Crippen LogP contribution in [-0.2, 0) is 19.1 Å². The molecular formula is C19H21N3O6. The Bertz CT molecular complexity index is 809. The number of hydrogen-bond donors (Lipinski definition) is 1. The van der Waals surface area contributed by atoms with Crippen molar-refractivity contribution in [2.75, 3.05) is 19.7 Å². The molecule has 0 aliphatic carbocycles. The Labute approximate surface area is 161 Å². The zero-order valence-corrected chi connectivity index (χ0v) is 15.4. The minimum Gasteiger partial charge on any atom is -0.454 e. The third-order valence-electron chi connectivity index (χ3n) is 5.14. The van der Waals surface area contributed by atoms with Crippen LogP contribution in [0.25, 0.3) is 0 Å². The van der Waals surface area contributed by atoms with E-state index in [9.17, 15) is 24.0 Å². The van der Waals surface area contributed by atoms with Crippen LogP contribution in [0.5, 0.6) is 0 Å².